The molecule has 2 aromatic rings. The highest BCUT2D eigenvalue weighted by atomic mass is 19.1. The first kappa shape index (κ1) is 17.0. The van der Waals surface area contributed by atoms with Gasteiger partial charge in [-0.3, -0.25) is 0 Å². The van der Waals surface area contributed by atoms with Crippen LogP contribution in [0.3, 0.4) is 0 Å². The molecule has 5 nitrogen and oxygen atoms in total. The number of rotatable bonds is 3. The van der Waals surface area contributed by atoms with E-state index in [1.165, 1.54) is 4.90 Å². The SMILES string of the molecule is Nc1cc(F)c(N2CCN(C(=O)OCc3ccccc3)CC2)c(F)c1. The molecule has 7 heteroatoms. The molecule has 1 aliphatic rings. The second kappa shape index (κ2) is 7.38. The molecule has 0 aromatic heterocycles. The number of benzene rings is 2. The Hall–Kier alpha value is -2.83. The number of amides is 1. The number of carbonyl (C=O) groups excluding carboxylic acids is 1. The lowest BCUT2D eigenvalue weighted by molar-refractivity contribution is 0.0941. The molecule has 1 heterocycles. The van der Waals surface area contributed by atoms with Crippen LogP contribution in [-0.4, -0.2) is 37.2 Å². The summed E-state index contributed by atoms with van der Waals surface area (Å²) in [7, 11) is 0. The lowest BCUT2D eigenvalue weighted by Gasteiger charge is -2.35. The van der Waals surface area contributed by atoms with Crippen molar-refractivity contribution in [3.8, 4) is 0 Å². The number of hydrogen-bond acceptors (Lipinski definition) is 4. The van der Waals surface area contributed by atoms with Crippen molar-refractivity contribution in [3.05, 3.63) is 59.7 Å². The largest absolute Gasteiger partial charge is 0.445 e. The van der Waals surface area contributed by atoms with E-state index in [9.17, 15) is 13.6 Å². The van der Waals surface area contributed by atoms with Crippen molar-refractivity contribution in [2.75, 3.05) is 36.8 Å². The van der Waals surface area contributed by atoms with Gasteiger partial charge in [-0.1, -0.05) is 30.3 Å². The van der Waals surface area contributed by atoms with Crippen LogP contribution in [0.15, 0.2) is 42.5 Å². The molecule has 25 heavy (non-hydrogen) atoms. The summed E-state index contributed by atoms with van der Waals surface area (Å²) in [6.45, 7) is 1.49. The van der Waals surface area contributed by atoms with E-state index in [1.54, 1.807) is 4.90 Å². The number of piperazine rings is 1. The number of anilines is 2. The number of carbonyl (C=O) groups is 1. The number of nitrogen functional groups attached to an aromatic ring is 1. The lowest BCUT2D eigenvalue weighted by Crippen LogP contribution is -2.49. The maximum absolute atomic E-state index is 14.0. The zero-order chi connectivity index (χ0) is 17.8. The average molecular weight is 347 g/mol. The van der Waals surface area contributed by atoms with Gasteiger partial charge in [0.2, 0.25) is 0 Å². The van der Waals surface area contributed by atoms with Crippen LogP contribution in [0.1, 0.15) is 5.56 Å². The van der Waals surface area contributed by atoms with E-state index in [-0.39, 0.29) is 18.0 Å². The van der Waals surface area contributed by atoms with E-state index in [2.05, 4.69) is 0 Å². The van der Waals surface area contributed by atoms with E-state index in [1.807, 2.05) is 30.3 Å². The number of halogens is 2. The molecule has 1 aliphatic heterocycles. The molecule has 2 aromatic carbocycles. The van der Waals surface area contributed by atoms with Gasteiger partial charge in [-0.25, -0.2) is 13.6 Å². The summed E-state index contributed by atoms with van der Waals surface area (Å²) in [5.41, 5.74) is 6.27. The van der Waals surface area contributed by atoms with Gasteiger partial charge in [-0.2, -0.15) is 0 Å². The summed E-state index contributed by atoms with van der Waals surface area (Å²) in [5.74, 6) is -1.39. The summed E-state index contributed by atoms with van der Waals surface area (Å²) in [6, 6.07) is 11.6. The molecule has 0 aliphatic carbocycles. The first-order chi connectivity index (χ1) is 12.0. The average Bonchev–Trinajstić information content (AvgIpc) is 2.60. The fourth-order valence-electron chi connectivity index (χ4n) is 2.81. The second-order valence-corrected chi connectivity index (χ2v) is 5.85. The van der Waals surface area contributed by atoms with Crippen LogP contribution >= 0.6 is 0 Å². The highest BCUT2D eigenvalue weighted by Gasteiger charge is 2.26. The minimum Gasteiger partial charge on any atom is -0.445 e. The van der Waals surface area contributed by atoms with E-state index >= 15 is 0 Å². The van der Waals surface area contributed by atoms with E-state index in [0.717, 1.165) is 17.7 Å². The Morgan fingerprint density at radius 2 is 1.64 bits per heavy atom. The molecule has 0 unspecified atom stereocenters. The van der Waals surface area contributed by atoms with Crippen LogP contribution < -0.4 is 10.6 Å². The third kappa shape index (κ3) is 3.99. The van der Waals surface area contributed by atoms with Crippen LogP contribution in [0.4, 0.5) is 25.0 Å². The zero-order valence-corrected chi connectivity index (χ0v) is 13.6. The van der Waals surface area contributed by atoms with Crippen LogP contribution in [0.25, 0.3) is 0 Å². The highest BCUT2D eigenvalue weighted by molar-refractivity contribution is 5.68. The molecule has 1 saturated heterocycles. The Morgan fingerprint density at radius 1 is 1.04 bits per heavy atom. The minimum atomic E-state index is -0.697. The Morgan fingerprint density at radius 3 is 2.24 bits per heavy atom. The van der Waals surface area contributed by atoms with Gasteiger partial charge in [0.25, 0.3) is 0 Å². The van der Waals surface area contributed by atoms with Crippen molar-refractivity contribution in [1.29, 1.82) is 0 Å². The van der Waals surface area contributed by atoms with Crippen LogP contribution in [-0.2, 0) is 11.3 Å². The zero-order valence-electron chi connectivity index (χ0n) is 13.6. The Labute approximate surface area is 144 Å². The Bertz CT molecular complexity index is 724. The number of nitrogens with zero attached hydrogens (tertiary/aromatic N) is 2. The molecule has 0 saturated carbocycles. The molecular formula is C18H19F2N3O2. The number of hydrogen-bond donors (Lipinski definition) is 1. The van der Waals surface area contributed by atoms with Gasteiger partial charge < -0.3 is 20.3 Å². The van der Waals surface area contributed by atoms with Crippen LogP contribution in [0.2, 0.25) is 0 Å². The summed E-state index contributed by atoms with van der Waals surface area (Å²) >= 11 is 0. The third-order valence-electron chi connectivity index (χ3n) is 4.10. The quantitative estimate of drug-likeness (QED) is 0.867. The van der Waals surface area contributed by atoms with Crippen molar-refractivity contribution in [2.24, 2.45) is 0 Å². The summed E-state index contributed by atoms with van der Waals surface area (Å²) < 4.78 is 33.3. The van der Waals surface area contributed by atoms with Crippen molar-refractivity contribution in [3.63, 3.8) is 0 Å². The van der Waals surface area contributed by atoms with Gasteiger partial charge in [0.05, 0.1) is 0 Å². The normalized spacial score (nSPS) is 14.5. The highest BCUT2D eigenvalue weighted by Crippen LogP contribution is 2.27. The van der Waals surface area contributed by atoms with Gasteiger partial charge in [0, 0.05) is 31.9 Å². The predicted molar refractivity (Wildman–Crippen MR) is 91.2 cm³/mol. The molecule has 1 amide bonds. The lowest BCUT2D eigenvalue weighted by atomic mass is 10.2. The Balaban J connectivity index is 1.56. The summed E-state index contributed by atoms with van der Waals surface area (Å²) in [4.78, 5) is 15.2. The fraction of sp³-hybridized carbons (Fsp3) is 0.278. The van der Waals surface area contributed by atoms with E-state index in [0.29, 0.717) is 26.2 Å². The maximum atomic E-state index is 14.0. The van der Waals surface area contributed by atoms with Gasteiger partial charge in [0.1, 0.15) is 12.3 Å². The molecular weight excluding hydrogens is 328 g/mol. The van der Waals surface area contributed by atoms with Crippen molar-refractivity contribution in [2.45, 2.75) is 6.61 Å². The summed E-state index contributed by atoms with van der Waals surface area (Å²) in [6.07, 6.45) is -0.429. The smallest absolute Gasteiger partial charge is 0.410 e. The van der Waals surface area contributed by atoms with Crippen molar-refractivity contribution < 1.29 is 18.3 Å². The molecule has 0 bridgehead atoms. The summed E-state index contributed by atoms with van der Waals surface area (Å²) in [5, 5.41) is 0. The van der Waals surface area contributed by atoms with Gasteiger partial charge >= 0.3 is 6.09 Å². The van der Waals surface area contributed by atoms with Gasteiger partial charge in [-0.15, -0.1) is 0 Å². The van der Waals surface area contributed by atoms with E-state index in [4.69, 9.17) is 10.5 Å². The van der Waals surface area contributed by atoms with Crippen molar-refractivity contribution in [1.82, 2.24) is 4.90 Å². The third-order valence-corrected chi connectivity index (χ3v) is 4.10. The van der Waals surface area contributed by atoms with Crippen LogP contribution in [0.5, 0.6) is 0 Å². The monoisotopic (exact) mass is 347 g/mol. The minimum absolute atomic E-state index is 0.0434. The molecule has 2 N–H and O–H groups in total. The molecule has 0 atom stereocenters. The molecule has 0 radical (unpaired) electrons. The molecule has 0 spiro atoms. The van der Waals surface area contributed by atoms with Gasteiger partial charge in [-0.05, 0) is 17.7 Å². The number of ether oxygens (including phenoxy) is 1. The first-order valence-electron chi connectivity index (χ1n) is 7.99. The number of nitrogens with two attached hydrogens (primary N) is 1. The maximum Gasteiger partial charge on any atom is 0.410 e. The first-order valence-corrected chi connectivity index (χ1v) is 7.99. The standard InChI is InChI=1S/C18H19F2N3O2/c19-15-10-14(21)11-16(20)17(15)22-6-8-23(9-7-22)18(24)25-12-13-4-2-1-3-5-13/h1-5,10-11H,6-9,12,21H2. The van der Waals surface area contributed by atoms with Gasteiger partial charge in [0.15, 0.2) is 11.6 Å². The van der Waals surface area contributed by atoms with Crippen molar-refractivity contribution >= 4 is 17.5 Å². The topological polar surface area (TPSA) is 58.8 Å². The molecule has 3 rings (SSSR count). The van der Waals surface area contributed by atoms with E-state index < -0.39 is 17.7 Å². The predicted octanol–water partition coefficient (Wildman–Crippen LogP) is 3.01. The van der Waals surface area contributed by atoms with Crippen LogP contribution in [0, 0.1) is 11.6 Å². The fourth-order valence-corrected chi connectivity index (χ4v) is 2.81. The molecule has 132 valence electrons. The molecule has 1 fully saturated rings. The Kier molecular flexibility index (Phi) is 5.02. The second-order valence-electron chi connectivity index (χ2n) is 5.85.